The monoisotopic (exact) mass is 245 g/mol. The molecule has 1 aliphatic rings. The van der Waals surface area contributed by atoms with Crippen LogP contribution in [0.4, 0.5) is 18.9 Å². The fourth-order valence-electron chi connectivity index (χ4n) is 1.78. The van der Waals surface area contributed by atoms with Crippen molar-refractivity contribution in [1.82, 2.24) is 0 Å². The second-order valence-corrected chi connectivity index (χ2v) is 3.86. The summed E-state index contributed by atoms with van der Waals surface area (Å²) in [5, 5.41) is 11.6. The van der Waals surface area contributed by atoms with Crippen LogP contribution in [0.5, 0.6) is 0 Å². The molecule has 92 valence electrons. The Labute approximate surface area is 95.3 Å². The van der Waals surface area contributed by atoms with E-state index in [4.69, 9.17) is 5.11 Å². The van der Waals surface area contributed by atoms with Gasteiger partial charge in [-0.15, -0.1) is 0 Å². The summed E-state index contributed by atoms with van der Waals surface area (Å²) < 4.78 is 38.1. The molecule has 0 fully saturated rings. The predicted molar refractivity (Wildman–Crippen MR) is 54.3 cm³/mol. The SMILES string of the molecule is O=C1CCc2cc(C(O)C(F)F)c(F)cc2N1. The first-order valence-corrected chi connectivity index (χ1v) is 5.07. The Morgan fingerprint density at radius 2 is 2.00 bits per heavy atom. The minimum atomic E-state index is -3.04. The smallest absolute Gasteiger partial charge is 0.268 e. The molecule has 1 amide bonds. The maximum atomic E-state index is 13.5. The Morgan fingerprint density at radius 3 is 2.65 bits per heavy atom. The van der Waals surface area contributed by atoms with Crippen LogP contribution in [0, 0.1) is 5.82 Å². The van der Waals surface area contributed by atoms with Crippen LogP contribution in [0.2, 0.25) is 0 Å². The lowest BCUT2D eigenvalue weighted by Gasteiger charge is -2.19. The number of hydrogen-bond donors (Lipinski definition) is 2. The van der Waals surface area contributed by atoms with Gasteiger partial charge < -0.3 is 10.4 Å². The van der Waals surface area contributed by atoms with Crippen LogP contribution < -0.4 is 5.32 Å². The van der Waals surface area contributed by atoms with E-state index in [9.17, 15) is 18.0 Å². The molecule has 0 spiro atoms. The van der Waals surface area contributed by atoms with Crippen molar-refractivity contribution in [3.8, 4) is 0 Å². The molecule has 0 bridgehead atoms. The van der Waals surface area contributed by atoms with Gasteiger partial charge in [0.15, 0.2) is 0 Å². The molecule has 1 aliphatic heterocycles. The van der Waals surface area contributed by atoms with Crippen LogP contribution >= 0.6 is 0 Å². The lowest BCUT2D eigenvalue weighted by Crippen LogP contribution is -2.20. The second-order valence-electron chi connectivity index (χ2n) is 3.86. The van der Waals surface area contributed by atoms with Crippen LogP contribution in [0.1, 0.15) is 23.7 Å². The first-order chi connectivity index (χ1) is 7.99. The summed E-state index contributed by atoms with van der Waals surface area (Å²) in [6.07, 6.45) is -4.61. The first kappa shape index (κ1) is 11.9. The molecule has 6 heteroatoms. The largest absolute Gasteiger partial charge is 0.382 e. The summed E-state index contributed by atoms with van der Waals surface area (Å²) >= 11 is 0. The number of anilines is 1. The van der Waals surface area contributed by atoms with E-state index in [2.05, 4.69) is 5.32 Å². The van der Waals surface area contributed by atoms with E-state index in [1.807, 2.05) is 0 Å². The summed E-state index contributed by atoms with van der Waals surface area (Å²) in [4.78, 5) is 11.1. The Kier molecular flexibility index (Phi) is 3.06. The average Bonchev–Trinajstić information content (AvgIpc) is 2.27. The number of amides is 1. The van der Waals surface area contributed by atoms with Crippen molar-refractivity contribution >= 4 is 11.6 Å². The van der Waals surface area contributed by atoms with Crippen LogP contribution in [0.25, 0.3) is 0 Å². The third kappa shape index (κ3) is 2.26. The third-order valence-electron chi connectivity index (χ3n) is 2.68. The Balaban J connectivity index is 2.41. The highest BCUT2D eigenvalue weighted by atomic mass is 19.3. The number of aryl methyl sites for hydroxylation is 1. The molecule has 0 aromatic heterocycles. The van der Waals surface area contributed by atoms with Gasteiger partial charge in [0.1, 0.15) is 11.9 Å². The van der Waals surface area contributed by atoms with Gasteiger partial charge in [0.05, 0.1) is 0 Å². The lowest BCUT2D eigenvalue weighted by molar-refractivity contribution is -0.116. The van der Waals surface area contributed by atoms with Crippen molar-refractivity contribution in [2.75, 3.05) is 5.32 Å². The summed E-state index contributed by atoms with van der Waals surface area (Å²) in [7, 11) is 0. The highest BCUT2D eigenvalue weighted by Gasteiger charge is 2.25. The number of aliphatic hydroxyl groups is 1. The minimum Gasteiger partial charge on any atom is -0.382 e. The van der Waals surface area contributed by atoms with Crippen LogP contribution in [0.15, 0.2) is 12.1 Å². The predicted octanol–water partition coefficient (Wildman–Crippen LogP) is 2.01. The quantitative estimate of drug-likeness (QED) is 0.837. The normalized spacial score (nSPS) is 16.6. The number of carbonyl (C=O) groups excluding carboxylic acids is 1. The van der Waals surface area contributed by atoms with E-state index in [0.29, 0.717) is 12.0 Å². The topological polar surface area (TPSA) is 49.3 Å². The number of hydrogen-bond acceptors (Lipinski definition) is 2. The standard InChI is InChI=1S/C11H10F3NO2/c12-7-4-8-5(1-2-9(16)15-8)3-6(7)10(17)11(13)14/h3-4,10-11,17H,1-2H2,(H,15,16). The maximum Gasteiger partial charge on any atom is 0.268 e. The van der Waals surface area contributed by atoms with Gasteiger partial charge in [-0.1, -0.05) is 0 Å². The lowest BCUT2D eigenvalue weighted by atomic mass is 9.98. The molecule has 1 aromatic carbocycles. The molecule has 1 atom stereocenters. The molecule has 0 saturated heterocycles. The van der Waals surface area contributed by atoms with Crippen molar-refractivity contribution in [2.24, 2.45) is 0 Å². The van der Waals surface area contributed by atoms with Crippen molar-refractivity contribution in [3.05, 3.63) is 29.1 Å². The second kappa shape index (κ2) is 4.37. The number of halogens is 3. The summed E-state index contributed by atoms with van der Waals surface area (Å²) in [5.74, 6) is -1.18. The molecule has 0 radical (unpaired) electrons. The highest BCUT2D eigenvalue weighted by Crippen LogP contribution is 2.30. The Hall–Kier alpha value is -1.56. The molecular formula is C11H10F3NO2. The number of aliphatic hydroxyl groups excluding tert-OH is 1. The molecule has 1 unspecified atom stereocenters. The zero-order valence-electron chi connectivity index (χ0n) is 8.71. The van der Waals surface area contributed by atoms with Crippen molar-refractivity contribution in [2.45, 2.75) is 25.4 Å². The Morgan fingerprint density at radius 1 is 1.29 bits per heavy atom. The van der Waals surface area contributed by atoms with Crippen LogP contribution in [-0.2, 0) is 11.2 Å². The van der Waals surface area contributed by atoms with Gasteiger partial charge in [0.2, 0.25) is 5.91 Å². The van der Waals surface area contributed by atoms with E-state index in [-0.39, 0.29) is 18.0 Å². The number of nitrogens with one attached hydrogen (secondary N) is 1. The third-order valence-corrected chi connectivity index (χ3v) is 2.68. The molecule has 1 aromatic rings. The molecule has 17 heavy (non-hydrogen) atoms. The van der Waals surface area contributed by atoms with Gasteiger partial charge >= 0.3 is 0 Å². The number of benzene rings is 1. The van der Waals surface area contributed by atoms with E-state index in [1.54, 1.807) is 0 Å². The summed E-state index contributed by atoms with van der Waals surface area (Å²) in [6, 6.07) is 2.15. The Bertz CT molecular complexity index is 462. The van der Waals surface area contributed by atoms with Gasteiger partial charge in [-0.2, -0.15) is 0 Å². The van der Waals surface area contributed by atoms with Gasteiger partial charge in [-0.25, -0.2) is 13.2 Å². The van der Waals surface area contributed by atoms with Crippen LogP contribution in [0.3, 0.4) is 0 Å². The average molecular weight is 245 g/mol. The number of carbonyl (C=O) groups is 1. The van der Waals surface area contributed by atoms with Gasteiger partial charge in [0.25, 0.3) is 6.43 Å². The fraction of sp³-hybridized carbons (Fsp3) is 0.364. The van der Waals surface area contributed by atoms with E-state index in [0.717, 1.165) is 6.07 Å². The van der Waals surface area contributed by atoms with Crippen molar-refractivity contribution in [3.63, 3.8) is 0 Å². The molecule has 2 N–H and O–H groups in total. The zero-order valence-corrected chi connectivity index (χ0v) is 8.71. The first-order valence-electron chi connectivity index (χ1n) is 5.07. The molecule has 1 heterocycles. The van der Waals surface area contributed by atoms with Crippen LogP contribution in [-0.4, -0.2) is 17.4 Å². The number of alkyl halides is 2. The zero-order chi connectivity index (χ0) is 12.6. The molecule has 0 saturated carbocycles. The maximum absolute atomic E-state index is 13.5. The summed E-state index contributed by atoms with van der Waals surface area (Å²) in [5.41, 5.74) is 0.402. The fourth-order valence-corrected chi connectivity index (χ4v) is 1.78. The summed E-state index contributed by atoms with van der Waals surface area (Å²) in [6.45, 7) is 0. The molecule has 2 rings (SSSR count). The molecule has 0 aliphatic carbocycles. The highest BCUT2D eigenvalue weighted by molar-refractivity contribution is 5.93. The molecule has 3 nitrogen and oxygen atoms in total. The van der Waals surface area contributed by atoms with Gasteiger partial charge in [-0.05, 0) is 24.1 Å². The minimum absolute atomic E-state index is 0.225. The van der Waals surface area contributed by atoms with Crippen molar-refractivity contribution in [1.29, 1.82) is 0 Å². The van der Waals surface area contributed by atoms with E-state index in [1.165, 1.54) is 6.07 Å². The van der Waals surface area contributed by atoms with Crippen molar-refractivity contribution < 1.29 is 23.1 Å². The van der Waals surface area contributed by atoms with E-state index >= 15 is 0 Å². The van der Waals surface area contributed by atoms with E-state index < -0.39 is 23.9 Å². The van der Waals surface area contributed by atoms with Gasteiger partial charge in [-0.3, -0.25) is 4.79 Å². The number of fused-ring (bicyclic) bond motifs is 1. The van der Waals surface area contributed by atoms with Gasteiger partial charge in [0, 0.05) is 17.7 Å². The molecular weight excluding hydrogens is 235 g/mol. The number of rotatable bonds is 2.